The summed E-state index contributed by atoms with van der Waals surface area (Å²) >= 11 is 0. The second-order valence-corrected chi connectivity index (χ2v) is 6.86. The highest BCUT2D eigenvalue weighted by Gasteiger charge is 2.15. The molecule has 2 aromatic heterocycles. The molecule has 0 atom stereocenters. The van der Waals surface area contributed by atoms with Crippen molar-refractivity contribution in [1.29, 1.82) is 0 Å². The maximum Gasteiger partial charge on any atom is 0.280 e. The molecule has 0 unspecified atom stereocenters. The molecule has 30 heavy (non-hydrogen) atoms. The zero-order valence-electron chi connectivity index (χ0n) is 15.9. The molecule has 0 spiro atoms. The van der Waals surface area contributed by atoms with Crippen LogP contribution in [0.25, 0.3) is 33.3 Å². The van der Waals surface area contributed by atoms with Crippen LogP contribution in [0.3, 0.4) is 0 Å². The lowest BCUT2D eigenvalue weighted by Crippen LogP contribution is -2.36. The number of nitrogens with zero attached hydrogens (tertiary/aromatic N) is 4. The van der Waals surface area contributed by atoms with Crippen LogP contribution >= 0.6 is 0 Å². The Labute approximate surface area is 171 Å². The third kappa shape index (κ3) is 3.12. The Balaban J connectivity index is 1.56. The largest absolute Gasteiger partial charge is 0.321 e. The molecule has 0 saturated heterocycles. The Morgan fingerprint density at radius 2 is 1.57 bits per heavy atom. The number of para-hydroxylation sites is 3. The minimum absolute atomic E-state index is 0.0218. The minimum atomic E-state index is -0.352. The van der Waals surface area contributed by atoms with Gasteiger partial charge in [-0.25, -0.2) is 9.97 Å². The maximum atomic E-state index is 13.2. The SMILES string of the molecule is O=C(Cn1cnc2ccccc21)Nn1c(-c2ccccc2)nc2ccccc2c1=O. The smallest absolute Gasteiger partial charge is 0.280 e. The van der Waals surface area contributed by atoms with Crippen molar-refractivity contribution in [1.82, 2.24) is 19.2 Å². The second kappa shape index (κ2) is 7.29. The van der Waals surface area contributed by atoms with Gasteiger partial charge in [0.1, 0.15) is 6.54 Å². The number of benzene rings is 3. The van der Waals surface area contributed by atoms with E-state index in [1.807, 2.05) is 60.7 Å². The molecule has 5 aromatic rings. The molecule has 1 amide bonds. The van der Waals surface area contributed by atoms with Crippen LogP contribution in [0.1, 0.15) is 0 Å². The zero-order valence-corrected chi connectivity index (χ0v) is 15.9. The lowest BCUT2D eigenvalue weighted by atomic mass is 10.2. The molecule has 0 fully saturated rings. The third-order valence-electron chi connectivity index (χ3n) is 4.89. The van der Waals surface area contributed by atoms with Crippen LogP contribution in [0.4, 0.5) is 0 Å². The highest BCUT2D eigenvalue weighted by atomic mass is 16.2. The van der Waals surface area contributed by atoms with Crippen molar-refractivity contribution >= 4 is 27.8 Å². The molecule has 2 heterocycles. The quantitative estimate of drug-likeness (QED) is 0.507. The number of amides is 1. The molecule has 0 aliphatic rings. The fourth-order valence-electron chi connectivity index (χ4n) is 3.47. The van der Waals surface area contributed by atoms with Crippen molar-refractivity contribution in [2.45, 2.75) is 6.54 Å². The number of hydrogen-bond acceptors (Lipinski definition) is 4. The van der Waals surface area contributed by atoms with Gasteiger partial charge in [0.05, 0.1) is 28.3 Å². The first-order chi connectivity index (χ1) is 14.7. The first kappa shape index (κ1) is 17.8. The zero-order chi connectivity index (χ0) is 20.5. The van der Waals surface area contributed by atoms with Gasteiger partial charge in [-0.3, -0.25) is 15.0 Å². The van der Waals surface area contributed by atoms with Gasteiger partial charge < -0.3 is 4.57 Å². The van der Waals surface area contributed by atoms with E-state index in [0.717, 1.165) is 16.6 Å². The summed E-state index contributed by atoms with van der Waals surface area (Å²) in [6.07, 6.45) is 1.61. The number of rotatable bonds is 4. The number of nitrogens with one attached hydrogen (secondary N) is 1. The summed E-state index contributed by atoms with van der Waals surface area (Å²) in [6.45, 7) is 0.0218. The van der Waals surface area contributed by atoms with Crippen LogP contribution in [0.2, 0.25) is 0 Å². The predicted octanol–water partition coefficient (Wildman–Crippen LogP) is 3.18. The van der Waals surface area contributed by atoms with Gasteiger partial charge in [0.15, 0.2) is 5.82 Å². The van der Waals surface area contributed by atoms with Gasteiger partial charge in [-0.1, -0.05) is 54.6 Å². The van der Waals surface area contributed by atoms with E-state index in [9.17, 15) is 9.59 Å². The van der Waals surface area contributed by atoms with Crippen LogP contribution in [-0.2, 0) is 11.3 Å². The van der Waals surface area contributed by atoms with E-state index in [1.165, 1.54) is 4.68 Å². The van der Waals surface area contributed by atoms with Gasteiger partial charge in [0, 0.05) is 5.56 Å². The van der Waals surface area contributed by atoms with Crippen LogP contribution in [0.5, 0.6) is 0 Å². The van der Waals surface area contributed by atoms with E-state index < -0.39 is 0 Å². The molecule has 0 bridgehead atoms. The molecular formula is C23H17N5O2. The molecule has 0 aliphatic carbocycles. The van der Waals surface area contributed by atoms with Gasteiger partial charge >= 0.3 is 0 Å². The van der Waals surface area contributed by atoms with E-state index >= 15 is 0 Å². The van der Waals surface area contributed by atoms with Crippen molar-refractivity contribution in [3.05, 3.63) is 95.5 Å². The number of imidazole rings is 1. The van der Waals surface area contributed by atoms with E-state index in [2.05, 4.69) is 15.4 Å². The summed E-state index contributed by atoms with van der Waals surface area (Å²) in [5.74, 6) is 0.0256. The van der Waals surface area contributed by atoms with Gasteiger partial charge in [-0.05, 0) is 24.3 Å². The van der Waals surface area contributed by atoms with Gasteiger partial charge in [0.2, 0.25) is 0 Å². The predicted molar refractivity (Wildman–Crippen MR) is 116 cm³/mol. The Hall–Kier alpha value is -4.26. The minimum Gasteiger partial charge on any atom is -0.321 e. The van der Waals surface area contributed by atoms with E-state index in [1.54, 1.807) is 29.1 Å². The Kier molecular flexibility index (Phi) is 4.33. The first-order valence-electron chi connectivity index (χ1n) is 9.48. The van der Waals surface area contributed by atoms with Gasteiger partial charge in [0.25, 0.3) is 11.5 Å². The van der Waals surface area contributed by atoms with E-state index in [4.69, 9.17) is 0 Å². The summed E-state index contributed by atoms with van der Waals surface area (Å²) in [4.78, 5) is 34.9. The fraction of sp³-hybridized carbons (Fsp3) is 0.0435. The maximum absolute atomic E-state index is 13.2. The number of aromatic nitrogens is 4. The number of fused-ring (bicyclic) bond motifs is 2. The monoisotopic (exact) mass is 395 g/mol. The second-order valence-electron chi connectivity index (χ2n) is 6.86. The van der Waals surface area contributed by atoms with Crippen molar-refractivity contribution in [2.75, 3.05) is 5.43 Å². The molecule has 7 nitrogen and oxygen atoms in total. The van der Waals surface area contributed by atoms with E-state index in [0.29, 0.717) is 16.7 Å². The highest BCUT2D eigenvalue weighted by Crippen LogP contribution is 2.18. The van der Waals surface area contributed by atoms with Crippen molar-refractivity contribution in [3.8, 4) is 11.4 Å². The standard InChI is InChI=1S/C23H17N5O2/c29-21(14-27-15-24-19-12-6-7-13-20(19)27)26-28-22(16-8-2-1-3-9-16)25-18-11-5-4-10-17(18)23(28)30/h1-13,15H,14H2,(H,26,29). The molecule has 1 N–H and O–H groups in total. The molecule has 3 aromatic carbocycles. The molecule has 0 aliphatic heterocycles. The van der Waals surface area contributed by atoms with Crippen molar-refractivity contribution < 1.29 is 4.79 Å². The lowest BCUT2D eigenvalue weighted by Gasteiger charge is -2.15. The van der Waals surface area contributed by atoms with Gasteiger partial charge in [-0.15, -0.1) is 0 Å². The Bertz CT molecular complexity index is 1440. The molecule has 5 rings (SSSR count). The van der Waals surface area contributed by atoms with Crippen LogP contribution in [0.15, 0.2) is 90.0 Å². The number of carbonyl (C=O) groups is 1. The fourth-order valence-corrected chi connectivity index (χ4v) is 3.47. The van der Waals surface area contributed by atoms with Crippen LogP contribution < -0.4 is 11.0 Å². The van der Waals surface area contributed by atoms with E-state index in [-0.39, 0.29) is 18.0 Å². The van der Waals surface area contributed by atoms with Crippen molar-refractivity contribution in [2.24, 2.45) is 0 Å². The van der Waals surface area contributed by atoms with Gasteiger partial charge in [-0.2, -0.15) is 4.68 Å². The summed E-state index contributed by atoms with van der Waals surface area (Å²) in [7, 11) is 0. The molecule has 0 saturated carbocycles. The number of hydrogen-bond donors (Lipinski definition) is 1. The average Bonchev–Trinajstić information content (AvgIpc) is 3.19. The van der Waals surface area contributed by atoms with Crippen LogP contribution in [-0.4, -0.2) is 25.1 Å². The average molecular weight is 395 g/mol. The topological polar surface area (TPSA) is 81.8 Å². The molecule has 0 radical (unpaired) electrons. The third-order valence-corrected chi connectivity index (χ3v) is 4.89. The molecule has 146 valence electrons. The van der Waals surface area contributed by atoms with Crippen LogP contribution in [0, 0.1) is 0 Å². The Morgan fingerprint density at radius 1 is 0.867 bits per heavy atom. The number of carbonyl (C=O) groups excluding carboxylic acids is 1. The Morgan fingerprint density at radius 3 is 2.40 bits per heavy atom. The summed E-state index contributed by atoms with van der Waals surface area (Å²) < 4.78 is 2.96. The molecular weight excluding hydrogens is 378 g/mol. The highest BCUT2D eigenvalue weighted by molar-refractivity contribution is 5.87. The summed E-state index contributed by atoms with van der Waals surface area (Å²) in [5, 5.41) is 0.436. The summed E-state index contributed by atoms with van der Waals surface area (Å²) in [5.41, 5.74) is 5.36. The van der Waals surface area contributed by atoms with Crippen molar-refractivity contribution in [3.63, 3.8) is 0 Å². The molecule has 7 heteroatoms. The first-order valence-corrected chi connectivity index (χ1v) is 9.48. The lowest BCUT2D eigenvalue weighted by molar-refractivity contribution is -0.117. The summed E-state index contributed by atoms with van der Waals surface area (Å²) in [6, 6.07) is 24.0. The normalized spacial score (nSPS) is 11.1.